The molecular weight excluding hydrogens is 1710 g/mol. The van der Waals surface area contributed by atoms with Crippen LogP contribution in [-0.4, -0.2) is 295 Å². The maximum atomic E-state index is 15.4. The summed E-state index contributed by atoms with van der Waals surface area (Å²) in [6, 6.07) is 2.79. The summed E-state index contributed by atoms with van der Waals surface area (Å²) >= 11 is 0.793. The molecule has 0 bridgehead atoms. The number of aromatic amines is 3. The van der Waals surface area contributed by atoms with E-state index in [1.807, 2.05) is 13.8 Å². The van der Waals surface area contributed by atoms with Crippen LogP contribution >= 0.6 is 11.8 Å². The van der Waals surface area contributed by atoms with Crippen molar-refractivity contribution in [1.82, 2.24) is 103 Å². The van der Waals surface area contributed by atoms with Crippen molar-refractivity contribution >= 4 is 140 Å². The number of rotatable bonds is 26. The van der Waals surface area contributed by atoms with Gasteiger partial charge >= 0.3 is 0 Å². The summed E-state index contributed by atoms with van der Waals surface area (Å²) in [4.78, 5) is 265. The Balaban J connectivity index is 1.17. The normalized spacial score (nSPS) is 23.5. The Kier molecular flexibility index (Phi) is 39.6. The smallest absolute Gasteiger partial charge is 0.246 e. The molecule has 0 saturated carbocycles. The number of fused-ring (bicyclic) bond motifs is 3. The number of thioether (sulfide) groups is 1. The second-order valence-electron chi connectivity index (χ2n) is 33.3. The van der Waals surface area contributed by atoms with Gasteiger partial charge in [-0.1, -0.05) is 120 Å². The topological polar surface area (TPSA) is 630 Å². The van der Waals surface area contributed by atoms with Crippen LogP contribution in [0.15, 0.2) is 104 Å². The van der Waals surface area contributed by atoms with E-state index in [0.717, 1.165) is 31.4 Å². The van der Waals surface area contributed by atoms with Gasteiger partial charge in [0.1, 0.15) is 78.5 Å². The number of aliphatic hydroxyl groups is 1. The molecule has 0 radical (unpaired) electrons. The lowest BCUT2D eigenvalue weighted by Gasteiger charge is -2.33. The number of aliphatic hydroxyl groups excluding tert-OH is 1. The standard InChI is InChI=1S/C88H124N24O18S/c1-9-11-26-60-85(128)111(8)69(30-12-10-2)82(125)101-59(29-20-32-94-88(91)92)77(120)108-68(76(119)97-43-72(90)115)46-131-47-74(117)100-65(35-51-22-14-13-15-23-51)86(129)110(7)50(5)75(118)105-66(39-71(89)114)87(130)112-33-21-31-70(112)83(126)104-63(38-54-42-93-48-98-54)80(123)106-64(34-49(3)4)84(127)109(6)44-73(116)99-61(36-52-40-95-57-27-18-16-24-55(52)57)78(121)107-67(45-113)81(124)103-62(79(122)102-60)37-53-41-96-58-28-19-17-25-56(53)58/h13-19,22-25,27-28,40-42,48-50,59-70,95-96,113H,9-12,20-21,26,29-39,43-47H2,1-8H3,(H2,89,114)(H2,90,115)(H,93,98)(H,97,119)(H,99,116)(H,100,117)(H,101,125)(H,102,122)(H,103,124)(H,104,126)(H,105,118)(H,106,123)(H,107,121)(H,108,120)(H4,91,92,94)/t50-,59-,60+,61-,62-,63-,64-,65-,66-,67-,68-,69-,70-/m0/s1. The largest absolute Gasteiger partial charge is 0.394 e. The van der Waals surface area contributed by atoms with Gasteiger partial charge in [0.25, 0.3) is 0 Å². The summed E-state index contributed by atoms with van der Waals surface area (Å²) in [5.41, 5.74) is 20.0. The number of imidazole rings is 1. The summed E-state index contributed by atoms with van der Waals surface area (Å²) in [5, 5.41) is 52.0. The monoisotopic (exact) mass is 1840 g/mol. The Morgan fingerprint density at radius 3 is 1.67 bits per heavy atom. The molecule has 5 heterocycles. The summed E-state index contributed by atoms with van der Waals surface area (Å²) in [5.74, 6) is -17.3. The molecule has 3 aromatic heterocycles. The van der Waals surface area contributed by atoms with Crippen molar-refractivity contribution in [2.24, 2.45) is 23.1 Å². The molecule has 2 fully saturated rings. The number of primary amides is 2. The number of guanidine groups is 1. The van der Waals surface area contributed by atoms with Crippen LogP contribution in [0.2, 0.25) is 0 Å². The molecule has 0 unspecified atom stereocenters. The molecule has 131 heavy (non-hydrogen) atoms. The molecule has 2 aliphatic heterocycles. The van der Waals surface area contributed by atoms with E-state index in [1.54, 1.807) is 105 Å². The highest BCUT2D eigenvalue weighted by Crippen LogP contribution is 2.25. The van der Waals surface area contributed by atoms with Crippen molar-refractivity contribution in [1.29, 1.82) is 5.41 Å². The minimum absolute atomic E-state index is 0.000787. The Morgan fingerprint density at radius 2 is 1.08 bits per heavy atom. The van der Waals surface area contributed by atoms with Gasteiger partial charge in [0.05, 0.1) is 38.2 Å². The Labute approximate surface area is 762 Å². The van der Waals surface area contributed by atoms with E-state index in [2.05, 4.69) is 83.7 Å². The molecule has 42 nitrogen and oxygen atoms in total. The van der Waals surface area contributed by atoms with Gasteiger partial charge in [-0.2, -0.15) is 0 Å². The third-order valence-electron chi connectivity index (χ3n) is 22.7. The molecule has 3 aromatic carbocycles. The van der Waals surface area contributed by atoms with Crippen LogP contribution in [0.4, 0.5) is 0 Å². The number of nitrogens with one attached hydrogen (secondary N) is 16. The number of amides is 17. The first kappa shape index (κ1) is 103. The minimum atomic E-state index is -1.85. The highest BCUT2D eigenvalue weighted by molar-refractivity contribution is 8.00. The van der Waals surface area contributed by atoms with Crippen LogP contribution in [0, 0.1) is 11.3 Å². The number of likely N-dealkylation sites (N-methyl/N-ethyl adjacent to an activating group) is 3. The van der Waals surface area contributed by atoms with E-state index < -0.39 is 223 Å². The first-order chi connectivity index (χ1) is 62.5. The third kappa shape index (κ3) is 30.6. The van der Waals surface area contributed by atoms with Gasteiger partial charge in [-0.05, 0) is 86.6 Å². The lowest BCUT2D eigenvalue weighted by atomic mass is 10.0. The molecule has 0 spiro atoms. The van der Waals surface area contributed by atoms with E-state index in [0.29, 0.717) is 69.9 Å². The van der Waals surface area contributed by atoms with Crippen molar-refractivity contribution in [2.45, 2.75) is 216 Å². The Bertz CT molecular complexity index is 5010. The van der Waals surface area contributed by atoms with Gasteiger partial charge in [0.15, 0.2) is 5.96 Å². The zero-order valence-electron chi connectivity index (χ0n) is 74.9. The average molecular weight is 1840 g/mol. The number of hydrogen-bond acceptors (Lipinski definition) is 21. The van der Waals surface area contributed by atoms with E-state index in [4.69, 9.17) is 22.6 Å². The predicted molar refractivity (Wildman–Crippen MR) is 485 cm³/mol. The first-order valence-electron chi connectivity index (χ1n) is 43.8. The lowest BCUT2D eigenvalue weighted by molar-refractivity contribution is -0.145. The molecular formula is C88H124N24O18S. The van der Waals surface area contributed by atoms with Gasteiger partial charge in [-0.25, -0.2) is 4.98 Å². The van der Waals surface area contributed by atoms with E-state index in [1.165, 1.54) is 40.6 Å². The Hall–Kier alpha value is -13.5. The summed E-state index contributed by atoms with van der Waals surface area (Å²) in [6.45, 7) is 5.90. The number of nitrogens with zero attached hydrogens (tertiary/aromatic N) is 5. The molecule has 17 amide bonds. The zero-order chi connectivity index (χ0) is 95.7. The number of unbranched alkanes of at least 4 members (excludes halogenated alkanes) is 2. The van der Waals surface area contributed by atoms with E-state index in [9.17, 15) is 67.4 Å². The fraction of sp³-hybridized carbons (Fsp3) is 0.511. The second kappa shape index (κ2) is 50.5. The van der Waals surface area contributed by atoms with Gasteiger partial charge in [0, 0.05) is 112 Å². The number of carbonyl (C=O) groups is 17. The van der Waals surface area contributed by atoms with Gasteiger partial charge in [0.2, 0.25) is 100 Å². The fourth-order valence-corrected chi connectivity index (χ4v) is 16.3. The second-order valence-corrected chi connectivity index (χ2v) is 34.3. The molecule has 0 aliphatic carbocycles. The van der Waals surface area contributed by atoms with Crippen LogP contribution < -0.4 is 81.0 Å². The molecule has 23 N–H and O–H groups in total. The van der Waals surface area contributed by atoms with Gasteiger partial charge < -0.3 is 121 Å². The van der Waals surface area contributed by atoms with E-state index in [-0.39, 0.29) is 89.6 Å². The maximum absolute atomic E-state index is 15.4. The highest BCUT2D eigenvalue weighted by atomic mass is 32.2. The molecule has 8 rings (SSSR count). The van der Waals surface area contributed by atoms with Crippen LogP contribution in [0.3, 0.4) is 0 Å². The third-order valence-corrected chi connectivity index (χ3v) is 23.7. The molecule has 2 aliphatic rings. The quantitative estimate of drug-likeness (QED) is 0.0152. The lowest BCUT2D eigenvalue weighted by Crippen LogP contribution is -2.61. The van der Waals surface area contributed by atoms with Crippen molar-refractivity contribution in [3.8, 4) is 0 Å². The molecule has 13 atom stereocenters. The molecule has 710 valence electrons. The van der Waals surface area contributed by atoms with Crippen LogP contribution in [0.5, 0.6) is 0 Å². The predicted octanol–water partition coefficient (Wildman–Crippen LogP) is -2.48. The van der Waals surface area contributed by atoms with Crippen LogP contribution in [0.1, 0.15) is 134 Å². The number of benzene rings is 3. The van der Waals surface area contributed by atoms with E-state index >= 15 is 19.2 Å². The van der Waals surface area contributed by atoms with Crippen LogP contribution in [0.25, 0.3) is 21.8 Å². The molecule has 43 heteroatoms. The number of hydrogen-bond donors (Lipinski definition) is 20. The average Bonchev–Trinajstić information content (AvgIpc) is 1.69. The van der Waals surface area contributed by atoms with Crippen molar-refractivity contribution < 1.29 is 86.6 Å². The maximum Gasteiger partial charge on any atom is 0.246 e. The minimum Gasteiger partial charge on any atom is -0.394 e. The zero-order valence-corrected chi connectivity index (χ0v) is 75.7. The van der Waals surface area contributed by atoms with Crippen molar-refractivity contribution in [3.63, 3.8) is 0 Å². The number of aromatic nitrogens is 4. The summed E-state index contributed by atoms with van der Waals surface area (Å²) < 4.78 is 0. The molecule has 6 aromatic rings. The fourth-order valence-electron chi connectivity index (χ4n) is 15.5. The highest BCUT2D eigenvalue weighted by Gasteiger charge is 2.43. The van der Waals surface area contributed by atoms with Gasteiger partial charge in [-0.3, -0.25) is 86.9 Å². The number of nitrogens with two attached hydrogens (primary N) is 3. The SMILES string of the molecule is CCCC[C@H]1NC(=O)[C@H](Cc2c[nH]c3ccccc23)NC(=O)[C@H](CO)NC(=O)[C@H](Cc2c[nH]c3ccccc23)NC(=O)CN(C)C(=O)[C@H](CC(C)C)NC(=O)[C@H](Cc2cnc[nH]2)NC(=O)[C@@H]2CCCN2C(=O)[C@H](CC(N)=O)NC(=O)[C@H](C)N(C)C(=O)[C@H](Cc2ccccc2)NC(=O)CSC[C@@H](C(=O)NCC(N)=O)NC(=O)[C@H](CCCNC(=N)N)NC(=O)[C@H](CCCC)N(C)C1=O. The summed E-state index contributed by atoms with van der Waals surface area (Å²) in [6.07, 6.45) is 5.92. The van der Waals surface area contributed by atoms with Crippen molar-refractivity contribution in [2.75, 3.05) is 65.4 Å². The van der Waals surface area contributed by atoms with Gasteiger partial charge in [-0.15, -0.1) is 11.8 Å². The number of H-pyrrole nitrogens is 3. The first-order valence-corrected chi connectivity index (χ1v) is 45.0. The number of carbonyl (C=O) groups excluding carboxylic acids is 17. The molecule has 2 saturated heterocycles. The van der Waals surface area contributed by atoms with Crippen molar-refractivity contribution in [3.05, 3.63) is 126 Å². The summed E-state index contributed by atoms with van der Waals surface area (Å²) in [7, 11) is 3.87. The number of para-hydroxylation sites is 2. The van der Waals surface area contributed by atoms with Crippen LogP contribution in [-0.2, 0) is 107 Å². The Morgan fingerprint density at radius 1 is 0.542 bits per heavy atom.